The van der Waals surface area contributed by atoms with Crippen LogP contribution in [0.4, 0.5) is 5.95 Å². The summed E-state index contributed by atoms with van der Waals surface area (Å²) < 4.78 is 52.5. The minimum atomic E-state index is -3.42. The van der Waals surface area contributed by atoms with E-state index >= 15 is 0 Å². The van der Waals surface area contributed by atoms with E-state index in [1.807, 2.05) is 0 Å². The Kier molecular flexibility index (Phi) is 4.26. The SMILES string of the molecule is C[C@@H]1CCCN(c2ncc3c(n2)[C@H]2CN(S(=O)(=O)C4CC4)C[C@H]2S(=O)(=O)C3)C1. The first-order valence-electron chi connectivity index (χ1n) is 10.1. The normalized spacial score (nSPS) is 32.8. The maximum atomic E-state index is 12.8. The number of sulfonamides is 1. The first kappa shape index (κ1) is 18.7. The lowest BCUT2D eigenvalue weighted by Gasteiger charge is -2.32. The molecule has 4 heterocycles. The zero-order chi connectivity index (χ0) is 19.7. The fraction of sp³-hybridized carbons (Fsp3) is 0.778. The third kappa shape index (κ3) is 3.04. The molecule has 0 aromatic carbocycles. The molecule has 0 radical (unpaired) electrons. The van der Waals surface area contributed by atoms with Crippen LogP contribution in [0.1, 0.15) is 49.8 Å². The maximum Gasteiger partial charge on any atom is 0.225 e. The van der Waals surface area contributed by atoms with E-state index in [0.717, 1.165) is 25.2 Å². The van der Waals surface area contributed by atoms with E-state index in [1.165, 1.54) is 10.7 Å². The Bertz CT molecular complexity index is 1010. The van der Waals surface area contributed by atoms with E-state index in [2.05, 4.69) is 16.8 Å². The number of hydrogen-bond acceptors (Lipinski definition) is 7. The summed E-state index contributed by atoms with van der Waals surface area (Å²) in [5, 5.41) is -1.03. The molecule has 3 aliphatic heterocycles. The molecule has 1 aromatic heterocycles. The van der Waals surface area contributed by atoms with Gasteiger partial charge in [0, 0.05) is 43.9 Å². The lowest BCUT2D eigenvalue weighted by molar-refractivity contribution is 0.441. The lowest BCUT2D eigenvalue weighted by Crippen LogP contribution is -2.38. The number of hydrogen-bond donors (Lipinski definition) is 0. The number of piperidine rings is 1. The Hall–Kier alpha value is -1.26. The third-order valence-electron chi connectivity index (χ3n) is 6.53. The van der Waals surface area contributed by atoms with E-state index in [9.17, 15) is 16.8 Å². The minimum absolute atomic E-state index is 0.0609. The second-order valence-corrected chi connectivity index (χ2v) is 13.2. The van der Waals surface area contributed by atoms with Gasteiger partial charge in [-0.2, -0.15) is 4.31 Å². The average Bonchev–Trinajstić information content (AvgIpc) is 3.40. The van der Waals surface area contributed by atoms with Gasteiger partial charge in [0.15, 0.2) is 9.84 Å². The molecule has 0 spiro atoms. The van der Waals surface area contributed by atoms with Gasteiger partial charge in [-0.3, -0.25) is 0 Å². The molecule has 8 nitrogen and oxygen atoms in total. The van der Waals surface area contributed by atoms with Crippen molar-refractivity contribution in [1.29, 1.82) is 0 Å². The monoisotopic (exact) mass is 426 g/mol. The van der Waals surface area contributed by atoms with E-state index < -0.39 is 31.0 Å². The average molecular weight is 427 g/mol. The minimum Gasteiger partial charge on any atom is -0.341 e. The smallest absolute Gasteiger partial charge is 0.225 e. The highest BCUT2D eigenvalue weighted by Crippen LogP contribution is 2.43. The van der Waals surface area contributed by atoms with Crippen LogP contribution in [0, 0.1) is 5.92 Å². The van der Waals surface area contributed by atoms with Crippen LogP contribution in [-0.2, 0) is 25.6 Å². The second-order valence-electron chi connectivity index (χ2n) is 8.79. The summed E-state index contributed by atoms with van der Waals surface area (Å²) in [6, 6.07) is 0. The van der Waals surface area contributed by atoms with Crippen molar-refractivity contribution in [2.24, 2.45) is 5.92 Å². The predicted molar refractivity (Wildman–Crippen MR) is 105 cm³/mol. The number of aromatic nitrogens is 2. The van der Waals surface area contributed by atoms with Crippen LogP contribution in [0.2, 0.25) is 0 Å². The molecule has 4 aliphatic rings. The molecule has 0 unspecified atom stereocenters. The molecule has 0 bridgehead atoms. The maximum absolute atomic E-state index is 12.8. The Morgan fingerprint density at radius 3 is 2.64 bits per heavy atom. The van der Waals surface area contributed by atoms with E-state index in [-0.39, 0.29) is 24.1 Å². The summed E-state index contributed by atoms with van der Waals surface area (Å²) >= 11 is 0. The highest BCUT2D eigenvalue weighted by Gasteiger charge is 2.52. The van der Waals surface area contributed by atoms with E-state index in [4.69, 9.17) is 4.98 Å². The van der Waals surface area contributed by atoms with Crippen molar-refractivity contribution in [3.63, 3.8) is 0 Å². The van der Waals surface area contributed by atoms with Gasteiger partial charge in [0.2, 0.25) is 16.0 Å². The fourth-order valence-electron chi connectivity index (χ4n) is 4.84. The fourth-order valence-corrected chi connectivity index (χ4v) is 8.82. The number of nitrogens with zero attached hydrogens (tertiary/aromatic N) is 4. The van der Waals surface area contributed by atoms with Gasteiger partial charge in [-0.15, -0.1) is 0 Å². The summed E-state index contributed by atoms with van der Waals surface area (Å²) in [6.45, 7) is 4.28. The second kappa shape index (κ2) is 6.37. The topological polar surface area (TPSA) is 101 Å². The molecule has 154 valence electrons. The lowest BCUT2D eigenvalue weighted by atomic mass is 9.99. The Balaban J connectivity index is 1.50. The van der Waals surface area contributed by atoms with Gasteiger partial charge in [0.1, 0.15) is 0 Å². The largest absolute Gasteiger partial charge is 0.341 e. The molecule has 0 N–H and O–H groups in total. The van der Waals surface area contributed by atoms with Gasteiger partial charge in [-0.25, -0.2) is 26.8 Å². The van der Waals surface area contributed by atoms with Crippen molar-refractivity contribution in [2.75, 3.05) is 31.1 Å². The highest BCUT2D eigenvalue weighted by atomic mass is 32.2. The van der Waals surface area contributed by atoms with Gasteiger partial charge in [-0.1, -0.05) is 6.92 Å². The molecule has 1 aliphatic carbocycles. The molecular weight excluding hydrogens is 400 g/mol. The molecule has 2 saturated heterocycles. The quantitative estimate of drug-likeness (QED) is 0.708. The van der Waals surface area contributed by atoms with Crippen molar-refractivity contribution in [3.8, 4) is 0 Å². The first-order chi connectivity index (χ1) is 13.3. The molecule has 3 atom stereocenters. The first-order valence-corrected chi connectivity index (χ1v) is 13.3. The molecule has 3 fully saturated rings. The Labute approximate surface area is 166 Å². The number of rotatable bonds is 3. The summed E-state index contributed by atoms with van der Waals surface area (Å²) in [5.41, 5.74) is 1.36. The van der Waals surface area contributed by atoms with Gasteiger partial charge in [0.05, 0.1) is 21.9 Å². The number of anilines is 1. The van der Waals surface area contributed by atoms with Crippen LogP contribution < -0.4 is 4.90 Å². The zero-order valence-electron chi connectivity index (χ0n) is 16.0. The van der Waals surface area contributed by atoms with Crippen LogP contribution in [0.3, 0.4) is 0 Å². The van der Waals surface area contributed by atoms with Crippen LogP contribution >= 0.6 is 0 Å². The van der Waals surface area contributed by atoms with E-state index in [1.54, 1.807) is 6.20 Å². The standard InChI is InChI=1S/C18H26N4O4S2/c1-12-3-2-6-21(8-12)18-19-7-13-11-27(23,24)16-10-22(9-15(16)17(13)20-18)28(25,26)14-4-5-14/h7,12,14-16H,2-6,8-11H2,1H3/t12-,15+,16-/m1/s1. The van der Waals surface area contributed by atoms with Crippen molar-refractivity contribution >= 4 is 25.8 Å². The molecule has 1 saturated carbocycles. The van der Waals surface area contributed by atoms with Crippen LogP contribution in [0.25, 0.3) is 0 Å². The van der Waals surface area contributed by atoms with Gasteiger partial charge in [0.25, 0.3) is 0 Å². The van der Waals surface area contributed by atoms with Crippen LogP contribution in [-0.4, -0.2) is 67.8 Å². The molecule has 0 amide bonds. The van der Waals surface area contributed by atoms with Crippen LogP contribution in [0.15, 0.2) is 6.20 Å². The summed E-state index contributed by atoms with van der Waals surface area (Å²) in [7, 11) is -6.82. The number of fused-ring (bicyclic) bond motifs is 3. The van der Waals surface area contributed by atoms with Gasteiger partial charge in [-0.05, 0) is 31.6 Å². The summed E-state index contributed by atoms with van der Waals surface area (Å²) in [6.07, 6.45) is 5.28. The van der Waals surface area contributed by atoms with Crippen molar-refractivity contribution in [3.05, 3.63) is 17.5 Å². The summed E-state index contributed by atoms with van der Waals surface area (Å²) in [5.74, 6) is 0.725. The Morgan fingerprint density at radius 1 is 1.14 bits per heavy atom. The third-order valence-corrected chi connectivity index (χ3v) is 11.0. The number of sulfone groups is 1. The molecule has 28 heavy (non-hydrogen) atoms. The van der Waals surface area contributed by atoms with Gasteiger partial charge < -0.3 is 4.90 Å². The highest BCUT2D eigenvalue weighted by molar-refractivity contribution is 7.92. The molecule has 1 aromatic rings. The Morgan fingerprint density at radius 2 is 1.93 bits per heavy atom. The zero-order valence-corrected chi connectivity index (χ0v) is 17.6. The van der Waals surface area contributed by atoms with Crippen molar-refractivity contribution in [1.82, 2.24) is 14.3 Å². The van der Waals surface area contributed by atoms with Gasteiger partial charge >= 0.3 is 0 Å². The van der Waals surface area contributed by atoms with E-state index in [0.29, 0.717) is 30.3 Å². The molecule has 5 rings (SSSR count). The summed E-state index contributed by atoms with van der Waals surface area (Å²) in [4.78, 5) is 11.4. The van der Waals surface area contributed by atoms with Crippen molar-refractivity contribution < 1.29 is 16.8 Å². The molecular formula is C18H26N4O4S2. The predicted octanol–water partition coefficient (Wildman–Crippen LogP) is 0.901. The molecule has 10 heteroatoms. The van der Waals surface area contributed by atoms with Crippen molar-refractivity contribution in [2.45, 2.75) is 54.8 Å². The van der Waals surface area contributed by atoms with Crippen LogP contribution in [0.5, 0.6) is 0 Å².